The number of anilines is 1. The van der Waals surface area contributed by atoms with E-state index < -0.39 is 0 Å². The largest absolute Gasteiger partial charge is 0.379 e. The third-order valence-corrected chi connectivity index (χ3v) is 6.22. The maximum absolute atomic E-state index is 12.6. The molecule has 0 bridgehead atoms. The van der Waals surface area contributed by atoms with Gasteiger partial charge in [-0.05, 0) is 36.4 Å². The van der Waals surface area contributed by atoms with Gasteiger partial charge in [0.1, 0.15) is 0 Å². The molecule has 1 fully saturated rings. The molecule has 2 N–H and O–H groups in total. The third kappa shape index (κ3) is 4.36. The fourth-order valence-electron chi connectivity index (χ4n) is 3.29. The molecule has 0 radical (unpaired) electrons. The van der Waals surface area contributed by atoms with Crippen LogP contribution in [0.3, 0.4) is 0 Å². The van der Waals surface area contributed by atoms with Crippen LogP contribution >= 0.6 is 23.4 Å². The maximum Gasteiger partial charge on any atom is 0.251 e. The van der Waals surface area contributed by atoms with E-state index in [1.807, 2.05) is 36.4 Å². The number of rotatable bonds is 4. The number of benzene rings is 2. The standard InChI is InChI=1S/C21H22ClN3O2S/c1-14-17-13-16(22)3-5-19(17)28-20-4-2-15(12-18(20)24-14)21(26)23-6-7-25-8-10-27-11-9-25/h2-5,12-13,24H,1,6-11H2,(H,23,26). The Labute approximate surface area is 174 Å². The van der Waals surface area contributed by atoms with Crippen molar-refractivity contribution in [2.24, 2.45) is 0 Å². The molecule has 0 spiro atoms. The molecule has 28 heavy (non-hydrogen) atoms. The molecule has 2 aliphatic rings. The minimum absolute atomic E-state index is 0.0710. The molecule has 0 unspecified atom stereocenters. The summed E-state index contributed by atoms with van der Waals surface area (Å²) in [4.78, 5) is 17.0. The topological polar surface area (TPSA) is 53.6 Å². The van der Waals surface area contributed by atoms with Gasteiger partial charge in [0.15, 0.2) is 0 Å². The molecular formula is C21H22ClN3O2S. The van der Waals surface area contributed by atoms with Gasteiger partial charge in [-0.1, -0.05) is 29.9 Å². The van der Waals surface area contributed by atoms with Gasteiger partial charge in [-0.25, -0.2) is 0 Å². The van der Waals surface area contributed by atoms with E-state index in [1.165, 1.54) is 0 Å². The number of ether oxygens (including phenoxy) is 1. The molecule has 2 aliphatic heterocycles. The molecule has 2 aromatic carbocycles. The van der Waals surface area contributed by atoms with Crippen LogP contribution in [0.25, 0.3) is 5.70 Å². The first kappa shape index (κ1) is 19.3. The number of nitrogens with one attached hydrogen (secondary N) is 2. The van der Waals surface area contributed by atoms with Gasteiger partial charge in [0, 0.05) is 57.8 Å². The number of hydrogen-bond donors (Lipinski definition) is 2. The van der Waals surface area contributed by atoms with Crippen LogP contribution in [0.2, 0.25) is 5.02 Å². The lowest BCUT2D eigenvalue weighted by Gasteiger charge is -2.26. The van der Waals surface area contributed by atoms with Gasteiger partial charge < -0.3 is 15.4 Å². The van der Waals surface area contributed by atoms with Crippen molar-refractivity contribution in [2.45, 2.75) is 9.79 Å². The van der Waals surface area contributed by atoms with Crippen molar-refractivity contribution < 1.29 is 9.53 Å². The molecule has 0 aromatic heterocycles. The zero-order valence-electron chi connectivity index (χ0n) is 15.5. The molecule has 146 valence electrons. The van der Waals surface area contributed by atoms with Crippen LogP contribution < -0.4 is 10.6 Å². The summed E-state index contributed by atoms with van der Waals surface area (Å²) >= 11 is 7.78. The highest BCUT2D eigenvalue weighted by Crippen LogP contribution is 2.42. The molecule has 5 nitrogen and oxygen atoms in total. The van der Waals surface area contributed by atoms with E-state index in [0.717, 1.165) is 59.6 Å². The van der Waals surface area contributed by atoms with Crippen molar-refractivity contribution in [3.05, 3.63) is 59.1 Å². The summed E-state index contributed by atoms with van der Waals surface area (Å²) < 4.78 is 5.35. The number of hydrogen-bond acceptors (Lipinski definition) is 5. The van der Waals surface area contributed by atoms with Crippen LogP contribution in [0.5, 0.6) is 0 Å². The second-order valence-corrected chi connectivity index (χ2v) is 8.29. The van der Waals surface area contributed by atoms with Crippen LogP contribution in [-0.4, -0.2) is 50.2 Å². The zero-order chi connectivity index (χ0) is 19.5. The van der Waals surface area contributed by atoms with E-state index in [-0.39, 0.29) is 5.91 Å². The Morgan fingerprint density at radius 2 is 2.00 bits per heavy atom. The second kappa shape index (κ2) is 8.57. The monoisotopic (exact) mass is 415 g/mol. The SMILES string of the molecule is C=C1Nc2cc(C(=O)NCCN3CCOCC3)ccc2Sc2ccc(Cl)cc21. The first-order valence-electron chi connectivity index (χ1n) is 9.26. The fourth-order valence-corrected chi connectivity index (χ4v) is 4.48. The number of halogens is 1. The average molecular weight is 416 g/mol. The highest BCUT2D eigenvalue weighted by atomic mass is 35.5. The molecule has 4 rings (SSSR count). The Morgan fingerprint density at radius 1 is 1.21 bits per heavy atom. The van der Waals surface area contributed by atoms with Crippen molar-refractivity contribution in [2.75, 3.05) is 44.7 Å². The van der Waals surface area contributed by atoms with Gasteiger partial charge in [0.25, 0.3) is 5.91 Å². The van der Waals surface area contributed by atoms with E-state index in [1.54, 1.807) is 11.8 Å². The van der Waals surface area contributed by atoms with E-state index in [2.05, 4.69) is 22.1 Å². The van der Waals surface area contributed by atoms with Gasteiger partial charge in [-0.2, -0.15) is 0 Å². The number of morpholine rings is 1. The van der Waals surface area contributed by atoms with E-state index >= 15 is 0 Å². The zero-order valence-corrected chi connectivity index (χ0v) is 17.0. The van der Waals surface area contributed by atoms with Gasteiger partial charge in [-0.3, -0.25) is 9.69 Å². The summed E-state index contributed by atoms with van der Waals surface area (Å²) in [6, 6.07) is 11.5. The predicted octanol–water partition coefficient (Wildman–Crippen LogP) is 3.95. The van der Waals surface area contributed by atoms with Gasteiger partial charge in [-0.15, -0.1) is 0 Å². The van der Waals surface area contributed by atoms with Crippen LogP contribution in [-0.2, 0) is 4.74 Å². The summed E-state index contributed by atoms with van der Waals surface area (Å²) in [5, 5.41) is 7.02. The first-order chi connectivity index (χ1) is 13.6. The van der Waals surface area contributed by atoms with E-state index in [9.17, 15) is 4.79 Å². The lowest BCUT2D eigenvalue weighted by atomic mass is 10.1. The first-order valence-corrected chi connectivity index (χ1v) is 10.5. The van der Waals surface area contributed by atoms with Crippen LogP contribution in [0.15, 0.2) is 52.8 Å². The Bertz CT molecular complexity index is 913. The number of amides is 1. The summed E-state index contributed by atoms with van der Waals surface area (Å²) in [7, 11) is 0. The molecule has 0 atom stereocenters. The normalized spacial score (nSPS) is 16.5. The number of fused-ring (bicyclic) bond motifs is 2. The lowest BCUT2D eigenvalue weighted by Crippen LogP contribution is -2.41. The smallest absolute Gasteiger partial charge is 0.251 e. The molecule has 2 heterocycles. The third-order valence-electron chi connectivity index (χ3n) is 4.83. The van der Waals surface area contributed by atoms with Crippen molar-refractivity contribution in [1.82, 2.24) is 10.2 Å². The van der Waals surface area contributed by atoms with Gasteiger partial charge >= 0.3 is 0 Å². The molecule has 1 saturated heterocycles. The highest BCUT2D eigenvalue weighted by molar-refractivity contribution is 7.99. The van der Waals surface area contributed by atoms with Crippen LogP contribution in [0.1, 0.15) is 15.9 Å². The number of carbonyl (C=O) groups excluding carboxylic acids is 1. The summed E-state index contributed by atoms with van der Waals surface area (Å²) in [6.07, 6.45) is 0. The van der Waals surface area contributed by atoms with Gasteiger partial charge in [0.05, 0.1) is 18.9 Å². The van der Waals surface area contributed by atoms with E-state index in [4.69, 9.17) is 16.3 Å². The van der Waals surface area contributed by atoms with Crippen LogP contribution in [0, 0.1) is 0 Å². The minimum atomic E-state index is -0.0710. The number of carbonyl (C=O) groups is 1. The molecular weight excluding hydrogens is 394 g/mol. The Kier molecular flexibility index (Phi) is 5.92. The van der Waals surface area contributed by atoms with Crippen molar-refractivity contribution in [3.8, 4) is 0 Å². The van der Waals surface area contributed by atoms with Gasteiger partial charge in [0.2, 0.25) is 0 Å². The number of nitrogens with zero attached hydrogens (tertiary/aromatic N) is 1. The summed E-state index contributed by atoms with van der Waals surface area (Å²) in [5.74, 6) is -0.0710. The summed E-state index contributed by atoms with van der Waals surface area (Å²) in [6.45, 7) is 8.95. The van der Waals surface area contributed by atoms with Crippen molar-refractivity contribution >= 4 is 40.7 Å². The molecule has 2 aromatic rings. The molecule has 1 amide bonds. The average Bonchev–Trinajstić information content (AvgIpc) is 2.84. The highest BCUT2D eigenvalue weighted by Gasteiger charge is 2.18. The summed E-state index contributed by atoms with van der Waals surface area (Å²) in [5.41, 5.74) is 3.26. The Morgan fingerprint density at radius 3 is 2.82 bits per heavy atom. The Balaban J connectivity index is 1.44. The predicted molar refractivity (Wildman–Crippen MR) is 114 cm³/mol. The quantitative estimate of drug-likeness (QED) is 0.791. The molecule has 7 heteroatoms. The van der Waals surface area contributed by atoms with Crippen molar-refractivity contribution in [1.29, 1.82) is 0 Å². The van der Waals surface area contributed by atoms with Crippen molar-refractivity contribution in [3.63, 3.8) is 0 Å². The minimum Gasteiger partial charge on any atom is -0.379 e. The second-order valence-electron chi connectivity index (χ2n) is 6.77. The van der Waals surface area contributed by atoms with Crippen LogP contribution in [0.4, 0.5) is 5.69 Å². The molecule has 0 aliphatic carbocycles. The maximum atomic E-state index is 12.6. The lowest BCUT2D eigenvalue weighted by molar-refractivity contribution is 0.0383. The Hall–Kier alpha value is -1.99. The fraction of sp³-hybridized carbons (Fsp3) is 0.286. The van der Waals surface area contributed by atoms with E-state index in [0.29, 0.717) is 17.1 Å². The molecule has 0 saturated carbocycles.